The zero-order chi connectivity index (χ0) is 30.7. The fourth-order valence-electron chi connectivity index (χ4n) is 6.20. The van der Waals surface area contributed by atoms with Crippen molar-refractivity contribution in [1.29, 1.82) is 5.26 Å². The molecule has 1 amide bonds. The number of thiophene rings is 1. The van der Waals surface area contributed by atoms with Crippen LogP contribution in [0.25, 0.3) is 16.7 Å². The van der Waals surface area contributed by atoms with Crippen molar-refractivity contribution in [2.45, 2.75) is 51.7 Å². The van der Waals surface area contributed by atoms with Gasteiger partial charge < -0.3 is 24.4 Å². The minimum Gasteiger partial charge on any atom is -0.444 e. The summed E-state index contributed by atoms with van der Waals surface area (Å²) in [4.78, 5) is 26.4. The van der Waals surface area contributed by atoms with Gasteiger partial charge in [0.2, 0.25) is 5.95 Å². The second kappa shape index (κ2) is 10.9. The third-order valence-corrected chi connectivity index (χ3v) is 9.41. The Morgan fingerprint density at radius 2 is 1.93 bits per heavy atom. The minimum absolute atomic E-state index is 0.0295. The number of hydrogen-bond donors (Lipinski definition) is 2. The maximum Gasteiger partial charge on any atom is 0.412 e. The van der Waals surface area contributed by atoms with Crippen LogP contribution >= 0.6 is 11.3 Å². The average Bonchev–Trinajstić information content (AvgIpc) is 3.58. The highest BCUT2D eigenvalue weighted by Crippen LogP contribution is 2.48. The quantitative estimate of drug-likeness (QED) is 0.427. The molecule has 1 atom stereocenters. The van der Waals surface area contributed by atoms with Crippen molar-refractivity contribution in [3.8, 4) is 6.07 Å². The molecule has 230 valence electrons. The largest absolute Gasteiger partial charge is 0.444 e. The number of rotatable bonds is 4. The van der Waals surface area contributed by atoms with Crippen LogP contribution in [0.4, 0.5) is 24.5 Å². The summed E-state index contributed by atoms with van der Waals surface area (Å²) in [5, 5.41) is 16.4. The number of nitrogens with zero attached hydrogens (tertiary/aromatic N) is 5. The van der Waals surface area contributed by atoms with Gasteiger partial charge in [-0.05, 0) is 31.9 Å². The number of nitrogens with one attached hydrogen (secondary N) is 2. The molecule has 4 aliphatic heterocycles. The molecule has 14 heteroatoms. The molecule has 2 fully saturated rings. The van der Waals surface area contributed by atoms with Gasteiger partial charge >= 0.3 is 6.09 Å². The smallest absolute Gasteiger partial charge is 0.412 e. The van der Waals surface area contributed by atoms with E-state index in [4.69, 9.17) is 14.2 Å². The summed E-state index contributed by atoms with van der Waals surface area (Å²) < 4.78 is 48.5. The van der Waals surface area contributed by atoms with E-state index in [-0.39, 0.29) is 45.3 Å². The van der Waals surface area contributed by atoms with E-state index in [0.29, 0.717) is 22.9 Å². The first-order valence-electron chi connectivity index (χ1n) is 14.5. The van der Waals surface area contributed by atoms with Crippen molar-refractivity contribution in [3.63, 3.8) is 0 Å². The van der Waals surface area contributed by atoms with Crippen LogP contribution in [-0.4, -0.2) is 72.0 Å². The summed E-state index contributed by atoms with van der Waals surface area (Å²) in [6, 6.07) is 1.53. The number of halogens is 2. The lowest BCUT2D eigenvalue weighted by Gasteiger charge is -2.46. The molecule has 3 aromatic rings. The van der Waals surface area contributed by atoms with Crippen LogP contribution in [0.3, 0.4) is 0 Å². The van der Waals surface area contributed by atoms with Crippen LogP contribution < -0.4 is 15.5 Å². The van der Waals surface area contributed by atoms with E-state index in [1.54, 1.807) is 27.0 Å². The van der Waals surface area contributed by atoms with Gasteiger partial charge in [-0.15, -0.1) is 11.3 Å². The number of ether oxygens (including phenoxy) is 3. The van der Waals surface area contributed by atoms with Gasteiger partial charge in [0, 0.05) is 61.1 Å². The molecular formula is C30H31F2N7O4S. The van der Waals surface area contributed by atoms with E-state index >= 15 is 8.78 Å². The number of morpholine rings is 1. The number of anilines is 2. The Labute approximate surface area is 256 Å². The van der Waals surface area contributed by atoms with Crippen molar-refractivity contribution in [3.05, 3.63) is 50.9 Å². The molecule has 0 spiro atoms. The molecule has 2 N–H and O–H groups in total. The molecule has 0 aliphatic carbocycles. The molecular weight excluding hydrogens is 592 g/mol. The van der Waals surface area contributed by atoms with Crippen LogP contribution in [-0.2, 0) is 27.4 Å². The van der Waals surface area contributed by atoms with Crippen molar-refractivity contribution in [2.24, 2.45) is 0 Å². The fraction of sp³-hybridized carbons (Fsp3) is 0.467. The van der Waals surface area contributed by atoms with Crippen LogP contribution in [0.15, 0.2) is 12.4 Å². The maximum atomic E-state index is 16.8. The van der Waals surface area contributed by atoms with Crippen molar-refractivity contribution >= 4 is 45.1 Å². The summed E-state index contributed by atoms with van der Waals surface area (Å²) in [7, 11) is 0. The molecule has 44 heavy (non-hydrogen) atoms. The number of carbonyl (C=O) groups excluding carboxylic acids is 1. The van der Waals surface area contributed by atoms with Gasteiger partial charge in [0.25, 0.3) is 0 Å². The fourth-order valence-corrected chi connectivity index (χ4v) is 7.28. The highest BCUT2D eigenvalue weighted by molar-refractivity contribution is 7.17. The summed E-state index contributed by atoms with van der Waals surface area (Å²) in [5.41, 5.74) is 1.23. The van der Waals surface area contributed by atoms with Gasteiger partial charge in [-0.2, -0.15) is 5.26 Å². The zero-order valence-electron chi connectivity index (χ0n) is 24.5. The topological polar surface area (TPSA) is 125 Å². The lowest BCUT2D eigenvalue weighted by atomic mass is 9.87. The Hall–Kier alpha value is -3.90. The molecule has 2 aromatic heterocycles. The Morgan fingerprint density at radius 3 is 2.66 bits per heavy atom. The van der Waals surface area contributed by atoms with Crippen LogP contribution in [0.2, 0.25) is 0 Å². The maximum absolute atomic E-state index is 16.8. The monoisotopic (exact) mass is 623 g/mol. The van der Waals surface area contributed by atoms with Gasteiger partial charge in [-0.25, -0.2) is 23.5 Å². The van der Waals surface area contributed by atoms with Crippen molar-refractivity contribution < 1.29 is 27.8 Å². The van der Waals surface area contributed by atoms with Gasteiger partial charge in [0.05, 0.1) is 42.9 Å². The number of amides is 1. The minimum atomic E-state index is -0.933. The van der Waals surface area contributed by atoms with E-state index in [2.05, 4.69) is 31.6 Å². The second-order valence-corrected chi connectivity index (χ2v) is 13.2. The zero-order valence-corrected chi connectivity index (χ0v) is 25.3. The third-order valence-electron chi connectivity index (χ3n) is 8.28. The molecule has 0 bridgehead atoms. The summed E-state index contributed by atoms with van der Waals surface area (Å²) in [6.07, 6.45) is 2.03. The van der Waals surface area contributed by atoms with Gasteiger partial charge in [-0.3, -0.25) is 10.2 Å². The SMILES string of the molecule is CC(C)(C)OC(=O)Nc1sc2c(c1C#N)C(c1c3c(c4cnc(N5CC(N6CCOCC6)C5)nc4c1F)COC3)NC=C2F. The van der Waals surface area contributed by atoms with Crippen LogP contribution in [0, 0.1) is 17.1 Å². The number of fused-ring (bicyclic) bond motifs is 4. The summed E-state index contributed by atoms with van der Waals surface area (Å²) in [5.74, 6) is -0.776. The molecule has 4 aliphatic rings. The van der Waals surface area contributed by atoms with Crippen molar-refractivity contribution in [1.82, 2.24) is 20.2 Å². The predicted molar refractivity (Wildman–Crippen MR) is 159 cm³/mol. The summed E-state index contributed by atoms with van der Waals surface area (Å²) in [6.45, 7) is 10.2. The van der Waals surface area contributed by atoms with Crippen LogP contribution in [0.5, 0.6) is 0 Å². The molecule has 0 saturated carbocycles. The third kappa shape index (κ3) is 4.93. The van der Waals surface area contributed by atoms with Gasteiger partial charge in [-0.1, -0.05) is 0 Å². The first-order chi connectivity index (χ1) is 21.1. The lowest BCUT2D eigenvalue weighted by Crippen LogP contribution is -2.62. The lowest BCUT2D eigenvalue weighted by molar-refractivity contribution is 0.0103. The Kier molecular flexibility index (Phi) is 7.16. The first-order valence-corrected chi connectivity index (χ1v) is 15.3. The predicted octanol–water partition coefficient (Wildman–Crippen LogP) is 4.56. The number of nitriles is 1. The molecule has 6 heterocycles. The summed E-state index contributed by atoms with van der Waals surface area (Å²) >= 11 is 0.903. The van der Waals surface area contributed by atoms with E-state index in [9.17, 15) is 10.1 Å². The Balaban J connectivity index is 1.27. The normalized spacial score (nSPS) is 20.3. The molecule has 2 saturated heterocycles. The number of hydrogen-bond acceptors (Lipinski definition) is 11. The van der Waals surface area contributed by atoms with Crippen LogP contribution in [0.1, 0.15) is 59.5 Å². The number of benzene rings is 1. The first kappa shape index (κ1) is 28.8. The van der Waals surface area contributed by atoms with Crippen molar-refractivity contribution in [2.75, 3.05) is 49.6 Å². The molecule has 7 rings (SSSR count). The van der Waals surface area contributed by atoms with E-state index in [0.717, 1.165) is 62.5 Å². The number of carbonyl (C=O) groups is 1. The Morgan fingerprint density at radius 1 is 1.18 bits per heavy atom. The van der Waals surface area contributed by atoms with E-state index in [1.165, 1.54) is 0 Å². The highest BCUT2D eigenvalue weighted by atomic mass is 32.1. The Bertz CT molecular complexity index is 1740. The average molecular weight is 624 g/mol. The van der Waals surface area contributed by atoms with Gasteiger partial charge in [0.15, 0.2) is 11.6 Å². The molecule has 11 nitrogen and oxygen atoms in total. The number of aromatic nitrogens is 2. The van der Waals surface area contributed by atoms with Gasteiger partial charge in [0.1, 0.15) is 22.2 Å². The second-order valence-electron chi connectivity index (χ2n) is 12.2. The molecule has 0 radical (unpaired) electrons. The highest BCUT2D eigenvalue weighted by Gasteiger charge is 2.38. The van der Waals surface area contributed by atoms with E-state index in [1.807, 2.05) is 4.90 Å². The van der Waals surface area contributed by atoms with E-state index < -0.39 is 29.4 Å². The standard InChI is InChI=1S/C30H31F2N7O4S/c1-30(2,3)43-29(40)37-27-16(8-33)22-25(34-10-20(31)26(22)44-27)21-19-14-42-13-18(19)17-9-35-28(36-24(17)23(21)32)39-11-15(12-39)38-4-6-41-7-5-38/h9-10,15,25,34H,4-7,11-14H2,1-3H3,(H,37,40). The molecule has 1 aromatic carbocycles. The molecule has 1 unspecified atom stereocenters.